The van der Waals surface area contributed by atoms with Crippen LogP contribution in [0.4, 0.5) is 0 Å². The quantitative estimate of drug-likeness (QED) is 0.731. The normalized spacial score (nSPS) is 18.6. The molecule has 1 saturated heterocycles. The summed E-state index contributed by atoms with van der Waals surface area (Å²) in [6.07, 6.45) is 2.94. The third-order valence-electron chi connectivity index (χ3n) is 4.46. The first-order valence-corrected chi connectivity index (χ1v) is 9.06. The second-order valence-corrected chi connectivity index (χ2v) is 7.15. The van der Waals surface area contributed by atoms with Crippen LogP contribution < -0.4 is 0 Å². The number of aliphatic carboxylic acids is 1. The molecule has 0 saturated carbocycles. The number of carbonyl (C=O) groups is 2. The summed E-state index contributed by atoms with van der Waals surface area (Å²) in [6.45, 7) is 1.17. The number of amides is 1. The van der Waals surface area contributed by atoms with Crippen LogP contribution >= 0.6 is 15.9 Å². The summed E-state index contributed by atoms with van der Waals surface area (Å²) in [5, 5.41) is 9.06. The third-order valence-corrected chi connectivity index (χ3v) is 4.95. The molecule has 1 aliphatic heterocycles. The lowest BCUT2D eigenvalue weighted by Crippen LogP contribution is -2.41. The summed E-state index contributed by atoms with van der Waals surface area (Å²) < 4.78 is 6.15. The molecule has 132 valence electrons. The number of nitrogens with zero attached hydrogens (tertiary/aromatic N) is 1. The highest BCUT2D eigenvalue weighted by molar-refractivity contribution is 9.10. The van der Waals surface area contributed by atoms with E-state index in [0.717, 1.165) is 22.9 Å². The molecule has 0 aliphatic carbocycles. The van der Waals surface area contributed by atoms with Crippen LogP contribution in [0.3, 0.4) is 0 Å². The fourth-order valence-corrected chi connectivity index (χ4v) is 3.74. The Labute approximate surface area is 151 Å². The van der Waals surface area contributed by atoms with Gasteiger partial charge >= 0.3 is 5.97 Å². The molecule has 1 aromatic rings. The molecule has 1 N–H and O–H groups in total. The van der Waals surface area contributed by atoms with E-state index in [0.29, 0.717) is 26.0 Å². The van der Waals surface area contributed by atoms with Gasteiger partial charge in [-0.3, -0.25) is 9.59 Å². The summed E-state index contributed by atoms with van der Waals surface area (Å²) in [7, 11) is 1.63. The summed E-state index contributed by atoms with van der Waals surface area (Å²) in [5.74, 6) is -0.982. The van der Waals surface area contributed by atoms with Crippen molar-refractivity contribution in [2.75, 3.05) is 20.3 Å². The summed E-state index contributed by atoms with van der Waals surface area (Å²) in [5.41, 5.74) is 1.09. The molecule has 0 spiro atoms. The van der Waals surface area contributed by atoms with Crippen LogP contribution in [-0.2, 0) is 20.7 Å². The smallest absolute Gasteiger partial charge is 0.305 e. The van der Waals surface area contributed by atoms with Gasteiger partial charge < -0.3 is 14.7 Å². The number of rotatable bonds is 8. The number of likely N-dealkylation sites (tertiary alicyclic amines) is 1. The lowest BCUT2D eigenvalue weighted by molar-refractivity contribution is -0.141. The number of benzene rings is 1. The molecule has 1 amide bonds. The van der Waals surface area contributed by atoms with Gasteiger partial charge in [0, 0.05) is 36.7 Å². The highest BCUT2D eigenvalue weighted by atomic mass is 79.9. The summed E-state index contributed by atoms with van der Waals surface area (Å²) in [4.78, 5) is 25.8. The van der Waals surface area contributed by atoms with Gasteiger partial charge in [-0.15, -0.1) is 0 Å². The van der Waals surface area contributed by atoms with E-state index < -0.39 is 5.97 Å². The minimum absolute atomic E-state index is 0.0274. The Bertz CT molecular complexity index is 578. The lowest BCUT2D eigenvalue weighted by atomic mass is 9.94. The molecular weight excluding hydrogens is 374 g/mol. The van der Waals surface area contributed by atoms with Gasteiger partial charge in [-0.25, -0.2) is 0 Å². The highest BCUT2D eigenvalue weighted by Gasteiger charge is 2.34. The zero-order chi connectivity index (χ0) is 17.5. The Morgan fingerprint density at radius 1 is 1.46 bits per heavy atom. The van der Waals surface area contributed by atoms with Crippen molar-refractivity contribution in [1.29, 1.82) is 0 Å². The number of carbonyl (C=O) groups excluding carboxylic acids is 1. The van der Waals surface area contributed by atoms with Gasteiger partial charge in [0.1, 0.15) is 0 Å². The monoisotopic (exact) mass is 397 g/mol. The topological polar surface area (TPSA) is 66.8 Å². The molecule has 1 heterocycles. The molecule has 1 aromatic carbocycles. The molecule has 5 nitrogen and oxygen atoms in total. The maximum absolute atomic E-state index is 13.0. The van der Waals surface area contributed by atoms with Crippen LogP contribution in [0.5, 0.6) is 0 Å². The van der Waals surface area contributed by atoms with Crippen LogP contribution in [0.1, 0.15) is 31.2 Å². The summed E-state index contributed by atoms with van der Waals surface area (Å²) >= 11 is 3.46. The minimum atomic E-state index is -0.847. The summed E-state index contributed by atoms with van der Waals surface area (Å²) in [6, 6.07) is 7.77. The first-order chi connectivity index (χ1) is 11.5. The van der Waals surface area contributed by atoms with Crippen LogP contribution in [-0.4, -0.2) is 48.2 Å². The molecule has 6 heteroatoms. The number of carboxylic acid groups (broad SMARTS) is 1. The minimum Gasteiger partial charge on any atom is -0.481 e. The van der Waals surface area contributed by atoms with Crippen molar-refractivity contribution in [2.45, 2.75) is 38.1 Å². The SMILES string of the molecule is COCCC(Cc1cccc(Br)c1)C(=O)N1CCCC1CC(=O)O. The van der Waals surface area contributed by atoms with E-state index in [-0.39, 0.29) is 24.3 Å². The number of methoxy groups -OCH3 is 1. The van der Waals surface area contributed by atoms with Crippen LogP contribution in [0, 0.1) is 5.92 Å². The average Bonchev–Trinajstić information content (AvgIpc) is 2.98. The second kappa shape index (κ2) is 9.18. The zero-order valence-electron chi connectivity index (χ0n) is 13.9. The Balaban J connectivity index is 2.10. The lowest BCUT2D eigenvalue weighted by Gasteiger charge is -2.28. The Morgan fingerprint density at radius 2 is 2.25 bits per heavy atom. The third kappa shape index (κ3) is 5.31. The van der Waals surface area contributed by atoms with Gasteiger partial charge in [0.2, 0.25) is 5.91 Å². The van der Waals surface area contributed by atoms with Crippen molar-refractivity contribution < 1.29 is 19.4 Å². The molecule has 1 aliphatic rings. The van der Waals surface area contributed by atoms with Gasteiger partial charge in [-0.1, -0.05) is 28.1 Å². The van der Waals surface area contributed by atoms with Crippen molar-refractivity contribution in [3.05, 3.63) is 34.3 Å². The molecule has 0 bridgehead atoms. The van der Waals surface area contributed by atoms with E-state index in [2.05, 4.69) is 15.9 Å². The van der Waals surface area contributed by atoms with E-state index in [1.54, 1.807) is 12.0 Å². The van der Waals surface area contributed by atoms with E-state index in [4.69, 9.17) is 9.84 Å². The fourth-order valence-electron chi connectivity index (χ4n) is 3.30. The average molecular weight is 398 g/mol. The molecule has 2 atom stereocenters. The molecule has 0 aromatic heterocycles. The Kier molecular flexibility index (Phi) is 7.24. The molecule has 2 unspecified atom stereocenters. The first-order valence-electron chi connectivity index (χ1n) is 8.27. The van der Waals surface area contributed by atoms with E-state index in [9.17, 15) is 9.59 Å². The zero-order valence-corrected chi connectivity index (χ0v) is 15.5. The molecule has 1 fully saturated rings. The van der Waals surface area contributed by atoms with Gasteiger partial charge in [0.25, 0.3) is 0 Å². The van der Waals surface area contributed by atoms with E-state index >= 15 is 0 Å². The Hall–Kier alpha value is -1.40. The second-order valence-electron chi connectivity index (χ2n) is 6.24. The van der Waals surface area contributed by atoms with Crippen molar-refractivity contribution >= 4 is 27.8 Å². The number of hydrogen-bond donors (Lipinski definition) is 1. The molecule has 0 radical (unpaired) electrons. The van der Waals surface area contributed by atoms with Crippen molar-refractivity contribution in [2.24, 2.45) is 5.92 Å². The van der Waals surface area contributed by atoms with Crippen LogP contribution in [0.15, 0.2) is 28.7 Å². The van der Waals surface area contributed by atoms with Gasteiger partial charge in [0.15, 0.2) is 0 Å². The van der Waals surface area contributed by atoms with Gasteiger partial charge in [-0.2, -0.15) is 0 Å². The molecule has 2 rings (SSSR count). The molecular formula is C18H24BrNO4. The number of ether oxygens (including phenoxy) is 1. The molecule has 24 heavy (non-hydrogen) atoms. The number of carboxylic acids is 1. The van der Waals surface area contributed by atoms with Crippen LogP contribution in [0.25, 0.3) is 0 Å². The number of hydrogen-bond acceptors (Lipinski definition) is 3. The predicted octanol–water partition coefficient (Wildman–Crippen LogP) is 3.11. The first kappa shape index (κ1) is 18.9. The van der Waals surface area contributed by atoms with Crippen molar-refractivity contribution in [3.8, 4) is 0 Å². The Morgan fingerprint density at radius 3 is 2.92 bits per heavy atom. The van der Waals surface area contributed by atoms with Crippen molar-refractivity contribution in [3.63, 3.8) is 0 Å². The largest absolute Gasteiger partial charge is 0.481 e. The number of halogens is 1. The van der Waals surface area contributed by atoms with Crippen LogP contribution in [0.2, 0.25) is 0 Å². The standard InChI is InChI=1S/C18H24BrNO4/c1-24-9-7-14(10-13-4-2-5-15(19)11-13)18(23)20-8-3-6-16(20)12-17(21)22/h2,4-5,11,14,16H,3,6-10,12H2,1H3,(H,21,22). The van der Waals surface area contributed by atoms with Gasteiger partial charge in [-0.05, 0) is 43.4 Å². The fraction of sp³-hybridized carbons (Fsp3) is 0.556. The van der Waals surface area contributed by atoms with E-state index in [1.165, 1.54) is 0 Å². The highest BCUT2D eigenvalue weighted by Crippen LogP contribution is 2.25. The maximum Gasteiger partial charge on any atom is 0.305 e. The maximum atomic E-state index is 13.0. The van der Waals surface area contributed by atoms with Crippen molar-refractivity contribution in [1.82, 2.24) is 4.90 Å². The van der Waals surface area contributed by atoms with E-state index in [1.807, 2.05) is 24.3 Å². The predicted molar refractivity (Wildman–Crippen MR) is 94.8 cm³/mol. The van der Waals surface area contributed by atoms with Gasteiger partial charge in [0.05, 0.1) is 6.42 Å².